The topological polar surface area (TPSA) is 9.23 Å². The smallest absolute Gasteiger partial charge is 0.123 e. The summed E-state index contributed by atoms with van der Waals surface area (Å²) in [6, 6.07) is 14.3. The van der Waals surface area contributed by atoms with Gasteiger partial charge in [-0.2, -0.15) is 0 Å². The molecule has 0 aliphatic rings. The summed E-state index contributed by atoms with van der Waals surface area (Å²) in [6.07, 6.45) is 0. The molecule has 1 nitrogen and oxygen atoms in total. The van der Waals surface area contributed by atoms with Crippen LogP contribution in [-0.4, -0.2) is 7.11 Å². The molecule has 0 aliphatic carbocycles. The first-order valence-electron chi connectivity index (χ1n) is 5.24. The molecule has 1 unspecified atom stereocenters. The van der Waals surface area contributed by atoms with Crippen LogP contribution >= 0.6 is 15.9 Å². The van der Waals surface area contributed by atoms with E-state index in [0.29, 0.717) is 0 Å². The Balaban J connectivity index is 2.23. The molecule has 0 heterocycles. The molecule has 0 fully saturated rings. The molecule has 88 valence electrons. The van der Waals surface area contributed by atoms with Crippen molar-refractivity contribution in [1.82, 2.24) is 0 Å². The molecular weight excluding hydrogens is 283 g/mol. The molecule has 0 amide bonds. The van der Waals surface area contributed by atoms with Crippen molar-refractivity contribution in [2.24, 2.45) is 0 Å². The molecule has 2 aromatic carbocycles. The van der Waals surface area contributed by atoms with Gasteiger partial charge in [-0.25, -0.2) is 4.39 Å². The summed E-state index contributed by atoms with van der Waals surface area (Å²) < 4.78 is 17.9. The van der Waals surface area contributed by atoms with Gasteiger partial charge in [-0.1, -0.05) is 40.2 Å². The van der Waals surface area contributed by atoms with Gasteiger partial charge in [0.1, 0.15) is 11.6 Å². The summed E-state index contributed by atoms with van der Waals surface area (Å²) in [6.45, 7) is 0. The van der Waals surface area contributed by atoms with Crippen molar-refractivity contribution in [1.29, 1.82) is 0 Å². The second-order valence-electron chi connectivity index (χ2n) is 3.69. The van der Waals surface area contributed by atoms with Crippen molar-refractivity contribution in [3.8, 4) is 5.75 Å². The minimum atomic E-state index is -0.219. The summed E-state index contributed by atoms with van der Waals surface area (Å²) in [7, 11) is 1.64. The summed E-state index contributed by atoms with van der Waals surface area (Å²) in [4.78, 5) is 0.0639. The number of ether oxygens (including phenoxy) is 1. The predicted octanol–water partition coefficient (Wildman–Crippen LogP) is 4.32. The second kappa shape index (κ2) is 5.32. The molecule has 0 spiro atoms. The molecule has 3 heteroatoms. The Morgan fingerprint density at radius 1 is 0.941 bits per heavy atom. The summed E-state index contributed by atoms with van der Waals surface area (Å²) >= 11 is 3.60. The largest absolute Gasteiger partial charge is 0.497 e. The first-order valence-corrected chi connectivity index (χ1v) is 6.16. The van der Waals surface area contributed by atoms with E-state index < -0.39 is 0 Å². The lowest BCUT2D eigenvalue weighted by Gasteiger charge is -2.11. The highest BCUT2D eigenvalue weighted by atomic mass is 79.9. The zero-order valence-corrected chi connectivity index (χ0v) is 10.9. The number of hydrogen-bond acceptors (Lipinski definition) is 1. The SMILES string of the molecule is COc1ccc(C(Br)c2ccc(F)cc2)cc1. The molecule has 2 aromatic rings. The zero-order valence-electron chi connectivity index (χ0n) is 9.36. The van der Waals surface area contributed by atoms with Gasteiger partial charge >= 0.3 is 0 Å². The maximum atomic E-state index is 12.8. The van der Waals surface area contributed by atoms with E-state index in [2.05, 4.69) is 15.9 Å². The third kappa shape index (κ3) is 2.86. The van der Waals surface area contributed by atoms with E-state index in [1.165, 1.54) is 12.1 Å². The highest BCUT2D eigenvalue weighted by Gasteiger charge is 2.10. The number of benzene rings is 2. The van der Waals surface area contributed by atoms with E-state index in [9.17, 15) is 4.39 Å². The van der Waals surface area contributed by atoms with E-state index in [-0.39, 0.29) is 10.6 Å². The number of methoxy groups -OCH3 is 1. The van der Waals surface area contributed by atoms with Crippen LogP contribution in [0.25, 0.3) is 0 Å². The lowest BCUT2D eigenvalue weighted by Crippen LogP contribution is -1.93. The van der Waals surface area contributed by atoms with Crippen LogP contribution in [0.15, 0.2) is 48.5 Å². The van der Waals surface area contributed by atoms with E-state index in [0.717, 1.165) is 16.9 Å². The van der Waals surface area contributed by atoms with E-state index in [4.69, 9.17) is 4.74 Å². The van der Waals surface area contributed by atoms with Crippen LogP contribution in [0.3, 0.4) is 0 Å². The minimum Gasteiger partial charge on any atom is -0.497 e. The highest BCUT2D eigenvalue weighted by Crippen LogP contribution is 2.31. The van der Waals surface area contributed by atoms with Gasteiger partial charge in [0, 0.05) is 0 Å². The Morgan fingerprint density at radius 2 is 1.41 bits per heavy atom. The van der Waals surface area contributed by atoms with Gasteiger partial charge in [0.15, 0.2) is 0 Å². The fourth-order valence-electron chi connectivity index (χ4n) is 1.60. The molecule has 0 bridgehead atoms. The quantitative estimate of drug-likeness (QED) is 0.766. The minimum absolute atomic E-state index is 0.0639. The van der Waals surface area contributed by atoms with E-state index in [1.54, 1.807) is 19.2 Å². The number of alkyl halides is 1. The zero-order chi connectivity index (χ0) is 12.3. The van der Waals surface area contributed by atoms with Gasteiger partial charge < -0.3 is 4.74 Å². The fourth-order valence-corrected chi connectivity index (χ4v) is 2.21. The van der Waals surface area contributed by atoms with Crippen molar-refractivity contribution in [3.63, 3.8) is 0 Å². The summed E-state index contributed by atoms with van der Waals surface area (Å²) in [5.41, 5.74) is 2.13. The molecule has 0 radical (unpaired) electrons. The molecule has 17 heavy (non-hydrogen) atoms. The number of halogens is 2. The number of hydrogen-bond donors (Lipinski definition) is 0. The molecule has 0 aromatic heterocycles. The first kappa shape index (κ1) is 12.1. The number of rotatable bonds is 3. The molecule has 0 aliphatic heterocycles. The van der Waals surface area contributed by atoms with Gasteiger partial charge in [0.25, 0.3) is 0 Å². The van der Waals surface area contributed by atoms with Gasteiger partial charge in [-0.3, -0.25) is 0 Å². The molecule has 0 saturated heterocycles. The van der Waals surface area contributed by atoms with Crippen LogP contribution in [0.2, 0.25) is 0 Å². The van der Waals surface area contributed by atoms with Gasteiger partial charge in [0.05, 0.1) is 11.9 Å². The highest BCUT2D eigenvalue weighted by molar-refractivity contribution is 9.09. The average molecular weight is 295 g/mol. The molecule has 0 N–H and O–H groups in total. The van der Waals surface area contributed by atoms with Crippen molar-refractivity contribution < 1.29 is 9.13 Å². The van der Waals surface area contributed by atoms with Crippen LogP contribution < -0.4 is 4.74 Å². The second-order valence-corrected chi connectivity index (χ2v) is 4.60. The van der Waals surface area contributed by atoms with Crippen molar-refractivity contribution in [2.45, 2.75) is 4.83 Å². The maximum Gasteiger partial charge on any atom is 0.123 e. The van der Waals surface area contributed by atoms with Gasteiger partial charge in [0.2, 0.25) is 0 Å². The normalized spacial score (nSPS) is 12.2. The van der Waals surface area contributed by atoms with E-state index >= 15 is 0 Å². The Bertz CT molecular complexity index is 479. The lowest BCUT2D eigenvalue weighted by atomic mass is 10.0. The monoisotopic (exact) mass is 294 g/mol. The molecule has 0 saturated carbocycles. The standard InChI is InChI=1S/C14H12BrFO/c1-17-13-8-4-11(5-9-13)14(15)10-2-6-12(16)7-3-10/h2-9,14H,1H3. The third-order valence-electron chi connectivity index (χ3n) is 2.57. The Morgan fingerprint density at radius 3 is 1.88 bits per heavy atom. The van der Waals surface area contributed by atoms with Gasteiger partial charge in [-0.05, 0) is 35.4 Å². The summed E-state index contributed by atoms with van der Waals surface area (Å²) in [5.74, 6) is 0.607. The van der Waals surface area contributed by atoms with Crippen LogP contribution in [-0.2, 0) is 0 Å². The molecular formula is C14H12BrFO. The fraction of sp³-hybridized carbons (Fsp3) is 0.143. The molecule has 2 rings (SSSR count). The van der Waals surface area contributed by atoms with Gasteiger partial charge in [-0.15, -0.1) is 0 Å². The van der Waals surface area contributed by atoms with Crippen LogP contribution in [0, 0.1) is 5.82 Å². The van der Waals surface area contributed by atoms with Crippen molar-refractivity contribution in [3.05, 3.63) is 65.5 Å². The third-order valence-corrected chi connectivity index (χ3v) is 3.63. The first-order chi connectivity index (χ1) is 8.20. The Kier molecular flexibility index (Phi) is 3.79. The van der Waals surface area contributed by atoms with Crippen LogP contribution in [0.4, 0.5) is 4.39 Å². The Labute approximate surface area is 108 Å². The average Bonchev–Trinajstić information content (AvgIpc) is 2.39. The lowest BCUT2D eigenvalue weighted by molar-refractivity contribution is 0.414. The molecule has 1 atom stereocenters. The predicted molar refractivity (Wildman–Crippen MR) is 70.2 cm³/mol. The maximum absolute atomic E-state index is 12.8. The van der Waals surface area contributed by atoms with Crippen molar-refractivity contribution >= 4 is 15.9 Å². The van der Waals surface area contributed by atoms with Crippen LogP contribution in [0.1, 0.15) is 16.0 Å². The van der Waals surface area contributed by atoms with Crippen molar-refractivity contribution in [2.75, 3.05) is 7.11 Å². The Hall–Kier alpha value is -1.35. The van der Waals surface area contributed by atoms with E-state index in [1.807, 2.05) is 24.3 Å². The summed E-state index contributed by atoms with van der Waals surface area (Å²) in [5, 5.41) is 0. The van der Waals surface area contributed by atoms with Crippen LogP contribution in [0.5, 0.6) is 5.75 Å².